The van der Waals surface area contributed by atoms with Crippen LogP contribution in [0, 0.1) is 19.8 Å². The summed E-state index contributed by atoms with van der Waals surface area (Å²) in [7, 11) is 0. The maximum atomic E-state index is 12.5. The first-order valence-corrected chi connectivity index (χ1v) is 5.07. The summed E-state index contributed by atoms with van der Waals surface area (Å²) in [6.07, 6.45) is -5.24. The average molecular weight is 246 g/mol. The Balaban J connectivity index is 2.98. The van der Waals surface area contributed by atoms with Crippen LogP contribution in [0.25, 0.3) is 0 Å². The van der Waals surface area contributed by atoms with Crippen LogP contribution in [0.15, 0.2) is 18.2 Å². The molecule has 0 radical (unpaired) electrons. The van der Waals surface area contributed by atoms with Crippen molar-refractivity contribution in [3.63, 3.8) is 0 Å². The Morgan fingerprint density at radius 3 is 2.35 bits per heavy atom. The van der Waals surface area contributed by atoms with E-state index >= 15 is 0 Å². The first kappa shape index (κ1) is 13.5. The number of carboxylic acid groups (broad SMARTS) is 1. The first-order chi connectivity index (χ1) is 7.71. The Labute approximate surface area is 97.1 Å². The van der Waals surface area contributed by atoms with Gasteiger partial charge in [0.2, 0.25) is 0 Å². The summed E-state index contributed by atoms with van der Waals surface area (Å²) in [5.74, 6) is -4.18. The summed E-state index contributed by atoms with van der Waals surface area (Å²) in [6.45, 7) is 3.51. The van der Waals surface area contributed by atoms with Crippen molar-refractivity contribution in [3.05, 3.63) is 34.9 Å². The lowest BCUT2D eigenvalue weighted by atomic mass is 9.94. The maximum Gasteiger partial charge on any atom is 0.402 e. The van der Waals surface area contributed by atoms with Crippen molar-refractivity contribution in [2.45, 2.75) is 26.4 Å². The highest BCUT2D eigenvalue weighted by atomic mass is 19.4. The molecule has 0 spiro atoms. The third kappa shape index (κ3) is 3.47. The van der Waals surface area contributed by atoms with Crippen molar-refractivity contribution >= 4 is 5.97 Å². The summed E-state index contributed by atoms with van der Waals surface area (Å²) >= 11 is 0. The normalized spacial score (nSPS) is 13.5. The molecular weight excluding hydrogens is 233 g/mol. The molecule has 94 valence electrons. The molecule has 1 unspecified atom stereocenters. The summed E-state index contributed by atoms with van der Waals surface area (Å²) in [5.41, 5.74) is 2.03. The Bertz CT molecular complexity index is 424. The van der Waals surface area contributed by atoms with E-state index in [1.807, 2.05) is 6.92 Å². The number of aryl methyl sites for hydroxylation is 2. The number of aliphatic carboxylic acids is 1. The van der Waals surface area contributed by atoms with Crippen molar-refractivity contribution in [2.75, 3.05) is 0 Å². The van der Waals surface area contributed by atoms with E-state index < -0.39 is 24.5 Å². The van der Waals surface area contributed by atoms with Gasteiger partial charge in [0.05, 0.1) is 0 Å². The second kappa shape index (κ2) is 4.77. The van der Waals surface area contributed by atoms with Gasteiger partial charge in [-0.2, -0.15) is 13.2 Å². The van der Waals surface area contributed by atoms with E-state index in [-0.39, 0.29) is 0 Å². The minimum absolute atomic E-state index is 0.417. The highest BCUT2D eigenvalue weighted by Crippen LogP contribution is 2.30. The second-order valence-electron chi connectivity index (χ2n) is 4.07. The number of halogens is 3. The number of alkyl halides is 3. The fourth-order valence-electron chi connectivity index (χ4n) is 1.64. The standard InChI is InChI=1S/C12H13F3O2/c1-7-3-4-9(8(2)5-7)6-10(11(16)17)12(13,14)15/h3-5,10H,6H2,1-2H3,(H,16,17). The number of benzene rings is 1. The molecule has 1 aromatic rings. The van der Waals surface area contributed by atoms with Gasteiger partial charge >= 0.3 is 12.1 Å². The van der Waals surface area contributed by atoms with Gasteiger partial charge in [-0.15, -0.1) is 0 Å². The smallest absolute Gasteiger partial charge is 0.402 e. The van der Waals surface area contributed by atoms with E-state index in [4.69, 9.17) is 5.11 Å². The third-order valence-electron chi connectivity index (χ3n) is 2.62. The van der Waals surface area contributed by atoms with E-state index in [9.17, 15) is 18.0 Å². The first-order valence-electron chi connectivity index (χ1n) is 5.07. The predicted molar refractivity (Wildman–Crippen MR) is 56.8 cm³/mol. The van der Waals surface area contributed by atoms with E-state index in [1.54, 1.807) is 25.1 Å². The summed E-state index contributed by atoms with van der Waals surface area (Å²) in [5, 5.41) is 8.60. The quantitative estimate of drug-likeness (QED) is 0.889. The van der Waals surface area contributed by atoms with Gasteiger partial charge in [0.15, 0.2) is 5.92 Å². The molecular formula is C12H13F3O2. The molecule has 2 nitrogen and oxygen atoms in total. The van der Waals surface area contributed by atoms with Crippen LogP contribution in [-0.4, -0.2) is 17.3 Å². The summed E-state index contributed by atoms with van der Waals surface area (Å²) in [4.78, 5) is 10.6. The number of carbonyl (C=O) groups is 1. The van der Waals surface area contributed by atoms with E-state index in [0.29, 0.717) is 11.1 Å². The van der Waals surface area contributed by atoms with Gasteiger partial charge in [0, 0.05) is 0 Å². The van der Waals surface area contributed by atoms with Crippen LogP contribution in [0.2, 0.25) is 0 Å². The fourth-order valence-corrected chi connectivity index (χ4v) is 1.64. The topological polar surface area (TPSA) is 37.3 Å². The number of rotatable bonds is 3. The molecule has 0 aromatic heterocycles. The Morgan fingerprint density at radius 2 is 1.94 bits per heavy atom. The van der Waals surface area contributed by atoms with Crippen LogP contribution >= 0.6 is 0 Å². The highest BCUT2D eigenvalue weighted by Gasteiger charge is 2.45. The van der Waals surface area contributed by atoms with Gasteiger partial charge in [-0.1, -0.05) is 23.8 Å². The predicted octanol–water partition coefficient (Wildman–Crippen LogP) is 3.11. The molecule has 0 saturated heterocycles. The molecule has 0 aliphatic heterocycles. The van der Waals surface area contributed by atoms with Crippen LogP contribution < -0.4 is 0 Å². The molecule has 1 aromatic carbocycles. The summed E-state index contributed by atoms with van der Waals surface area (Å²) < 4.78 is 37.5. The van der Waals surface area contributed by atoms with Crippen LogP contribution in [-0.2, 0) is 11.2 Å². The lowest BCUT2D eigenvalue weighted by molar-refractivity contribution is -0.193. The second-order valence-corrected chi connectivity index (χ2v) is 4.07. The summed E-state index contributed by atoms with van der Waals surface area (Å²) in [6, 6.07) is 4.97. The number of carboxylic acids is 1. The van der Waals surface area contributed by atoms with Gasteiger partial charge in [0.25, 0.3) is 0 Å². The van der Waals surface area contributed by atoms with Gasteiger partial charge in [-0.3, -0.25) is 4.79 Å². The highest BCUT2D eigenvalue weighted by molar-refractivity contribution is 5.71. The maximum absolute atomic E-state index is 12.5. The minimum Gasteiger partial charge on any atom is -0.481 e. The van der Waals surface area contributed by atoms with Crippen LogP contribution in [0.1, 0.15) is 16.7 Å². The zero-order valence-corrected chi connectivity index (χ0v) is 9.51. The molecule has 17 heavy (non-hydrogen) atoms. The van der Waals surface area contributed by atoms with Crippen molar-refractivity contribution in [1.29, 1.82) is 0 Å². The Kier molecular flexibility index (Phi) is 3.80. The largest absolute Gasteiger partial charge is 0.481 e. The molecule has 0 fully saturated rings. The molecule has 5 heteroatoms. The molecule has 0 heterocycles. The van der Waals surface area contributed by atoms with Crippen molar-refractivity contribution in [2.24, 2.45) is 5.92 Å². The lowest BCUT2D eigenvalue weighted by Crippen LogP contribution is -2.32. The fraction of sp³-hybridized carbons (Fsp3) is 0.417. The molecule has 1 N–H and O–H groups in total. The van der Waals surface area contributed by atoms with Crippen LogP contribution in [0.4, 0.5) is 13.2 Å². The van der Waals surface area contributed by atoms with E-state index in [2.05, 4.69) is 0 Å². The van der Waals surface area contributed by atoms with E-state index in [1.165, 1.54) is 0 Å². The van der Waals surface area contributed by atoms with Gasteiger partial charge in [-0.25, -0.2) is 0 Å². The third-order valence-corrected chi connectivity index (χ3v) is 2.62. The van der Waals surface area contributed by atoms with Gasteiger partial charge < -0.3 is 5.11 Å². The van der Waals surface area contributed by atoms with Crippen LogP contribution in [0.5, 0.6) is 0 Å². The Hall–Kier alpha value is -1.52. The molecule has 0 aliphatic rings. The van der Waals surface area contributed by atoms with Crippen molar-refractivity contribution in [3.8, 4) is 0 Å². The zero-order valence-electron chi connectivity index (χ0n) is 9.51. The van der Waals surface area contributed by atoms with Crippen molar-refractivity contribution in [1.82, 2.24) is 0 Å². The number of hydrogen-bond acceptors (Lipinski definition) is 1. The average Bonchev–Trinajstić information content (AvgIpc) is 2.13. The Morgan fingerprint density at radius 1 is 1.35 bits per heavy atom. The molecule has 0 saturated carbocycles. The number of hydrogen-bond donors (Lipinski definition) is 1. The molecule has 1 atom stereocenters. The van der Waals surface area contributed by atoms with Gasteiger partial charge in [0.1, 0.15) is 0 Å². The SMILES string of the molecule is Cc1ccc(CC(C(=O)O)C(F)(F)F)c(C)c1. The lowest BCUT2D eigenvalue weighted by Gasteiger charge is -2.17. The zero-order chi connectivity index (χ0) is 13.2. The molecule has 1 rings (SSSR count). The minimum atomic E-state index is -4.72. The monoisotopic (exact) mass is 246 g/mol. The molecule has 0 bridgehead atoms. The van der Waals surface area contributed by atoms with Crippen LogP contribution in [0.3, 0.4) is 0 Å². The molecule has 0 amide bonds. The molecule has 0 aliphatic carbocycles. The van der Waals surface area contributed by atoms with E-state index in [0.717, 1.165) is 5.56 Å². The van der Waals surface area contributed by atoms with Gasteiger partial charge in [-0.05, 0) is 31.4 Å². The van der Waals surface area contributed by atoms with Crippen molar-refractivity contribution < 1.29 is 23.1 Å².